The Labute approximate surface area is 165 Å². The zero-order chi connectivity index (χ0) is 17.8. The summed E-state index contributed by atoms with van der Waals surface area (Å²) in [6.07, 6.45) is 1.85. The summed E-state index contributed by atoms with van der Waals surface area (Å²) in [5.41, 5.74) is 1.24. The fourth-order valence-corrected chi connectivity index (χ4v) is 6.92. The van der Waals surface area contributed by atoms with Crippen LogP contribution in [0.15, 0.2) is 99.3 Å². The topological polar surface area (TPSA) is 29.5 Å². The van der Waals surface area contributed by atoms with E-state index in [0.717, 1.165) is 0 Å². The fraction of sp³-hybridized carbons (Fsp3) is 0.143. The molecule has 4 rings (SSSR count). The highest BCUT2D eigenvalue weighted by Crippen LogP contribution is 2.59. The largest absolute Gasteiger partial charge is 0.481 e. The van der Waals surface area contributed by atoms with Crippen LogP contribution in [0, 0.1) is 5.92 Å². The molecule has 0 amide bonds. The van der Waals surface area contributed by atoms with E-state index in [9.17, 15) is 5.11 Å². The Hall–Kier alpha value is -1.82. The molecule has 0 fully saturated rings. The summed E-state index contributed by atoms with van der Waals surface area (Å²) < 4.78 is 5.11. The number of thioether (sulfide) groups is 2. The minimum atomic E-state index is -0.326. The van der Waals surface area contributed by atoms with Gasteiger partial charge in [-0.05, 0) is 46.7 Å². The minimum absolute atomic E-state index is 0.0249. The van der Waals surface area contributed by atoms with E-state index < -0.39 is 0 Å². The van der Waals surface area contributed by atoms with Crippen LogP contribution in [0.4, 0.5) is 0 Å². The van der Waals surface area contributed by atoms with Crippen molar-refractivity contribution < 1.29 is 9.84 Å². The molecule has 0 bridgehead atoms. The molecule has 0 saturated heterocycles. The molecular weight excluding hydrogens is 380 g/mol. The minimum Gasteiger partial charge on any atom is -0.481 e. The molecule has 1 unspecified atom stereocenters. The van der Waals surface area contributed by atoms with Crippen LogP contribution in [0.25, 0.3) is 0 Å². The summed E-state index contributed by atoms with van der Waals surface area (Å²) in [4.78, 5) is 2.39. The van der Waals surface area contributed by atoms with Crippen LogP contribution in [-0.4, -0.2) is 11.7 Å². The second kappa shape index (κ2) is 7.82. The lowest BCUT2D eigenvalue weighted by molar-refractivity contribution is 0.107. The van der Waals surface area contributed by atoms with E-state index >= 15 is 0 Å². The van der Waals surface area contributed by atoms with Crippen molar-refractivity contribution in [1.29, 1.82) is 0 Å². The van der Waals surface area contributed by atoms with Gasteiger partial charge in [-0.2, -0.15) is 11.3 Å². The second-order valence-electron chi connectivity index (χ2n) is 5.93. The molecule has 0 radical (unpaired) electrons. The maximum Gasteiger partial charge on any atom is 0.272 e. The van der Waals surface area contributed by atoms with Gasteiger partial charge in [0, 0.05) is 21.8 Å². The molecular formula is C21H18O2S3. The first-order valence-corrected chi connectivity index (χ1v) is 10.9. The highest BCUT2D eigenvalue weighted by molar-refractivity contribution is 8.17. The standard InChI is InChI=1S/C21H18O2S3/c22-20-13-17(14-23-20)21(16-11-12-24-15-16,25-18-7-3-1-4-8-18)26-19-9-5-2-6-10-19/h1-13,15,17,22H,14H2. The summed E-state index contributed by atoms with van der Waals surface area (Å²) in [5, 5.41) is 14.2. The second-order valence-corrected chi connectivity index (χ2v) is 9.61. The van der Waals surface area contributed by atoms with Crippen LogP contribution < -0.4 is 0 Å². The highest BCUT2D eigenvalue weighted by atomic mass is 32.2. The average molecular weight is 399 g/mol. The molecule has 2 heterocycles. The van der Waals surface area contributed by atoms with Crippen molar-refractivity contribution in [2.45, 2.75) is 13.9 Å². The van der Waals surface area contributed by atoms with E-state index in [0.29, 0.717) is 6.61 Å². The number of aliphatic hydroxyl groups excluding tert-OH is 1. The first-order chi connectivity index (χ1) is 12.8. The van der Waals surface area contributed by atoms with Crippen molar-refractivity contribution in [3.63, 3.8) is 0 Å². The molecule has 1 atom stereocenters. The number of rotatable bonds is 6. The van der Waals surface area contributed by atoms with E-state index in [2.05, 4.69) is 65.4 Å². The molecule has 0 aliphatic carbocycles. The molecule has 0 spiro atoms. The van der Waals surface area contributed by atoms with E-state index in [4.69, 9.17) is 4.74 Å². The maximum absolute atomic E-state index is 9.92. The number of hydrogen-bond acceptors (Lipinski definition) is 5. The Balaban J connectivity index is 1.82. The number of hydrogen-bond donors (Lipinski definition) is 1. The van der Waals surface area contributed by atoms with Gasteiger partial charge in [0.2, 0.25) is 0 Å². The Morgan fingerprint density at radius 2 is 1.54 bits per heavy atom. The third-order valence-corrected chi connectivity index (χ3v) is 8.07. The smallest absolute Gasteiger partial charge is 0.272 e. The SMILES string of the molecule is OC1=CC(C(Sc2ccccc2)(Sc2ccccc2)c2ccsc2)CO1. The molecule has 2 aromatic carbocycles. The van der Waals surface area contributed by atoms with Crippen LogP contribution in [0.3, 0.4) is 0 Å². The first-order valence-electron chi connectivity index (χ1n) is 8.31. The third-order valence-electron chi connectivity index (χ3n) is 4.19. The summed E-state index contributed by atoms with van der Waals surface area (Å²) in [7, 11) is 0. The van der Waals surface area contributed by atoms with Gasteiger partial charge in [-0.15, -0.1) is 23.5 Å². The van der Waals surface area contributed by atoms with Gasteiger partial charge in [-0.1, -0.05) is 36.4 Å². The van der Waals surface area contributed by atoms with Gasteiger partial charge in [-0.25, -0.2) is 0 Å². The Morgan fingerprint density at radius 3 is 2.00 bits per heavy atom. The monoisotopic (exact) mass is 398 g/mol. The third kappa shape index (κ3) is 3.65. The highest BCUT2D eigenvalue weighted by Gasteiger charge is 2.45. The molecule has 0 saturated carbocycles. The normalized spacial score (nSPS) is 16.9. The van der Waals surface area contributed by atoms with Gasteiger partial charge >= 0.3 is 0 Å². The molecule has 132 valence electrons. The van der Waals surface area contributed by atoms with Crippen LogP contribution in [0.1, 0.15) is 5.56 Å². The molecule has 1 aliphatic rings. The summed E-state index contributed by atoms with van der Waals surface area (Å²) in [6, 6.07) is 23.0. The lowest BCUT2D eigenvalue weighted by atomic mass is 10.0. The predicted molar refractivity (Wildman–Crippen MR) is 111 cm³/mol. The molecule has 1 aliphatic heterocycles. The number of ether oxygens (including phenoxy) is 1. The van der Waals surface area contributed by atoms with Gasteiger partial charge in [-0.3, -0.25) is 0 Å². The van der Waals surface area contributed by atoms with Crippen molar-refractivity contribution in [3.8, 4) is 0 Å². The van der Waals surface area contributed by atoms with Crippen LogP contribution in [0.2, 0.25) is 0 Å². The lowest BCUT2D eigenvalue weighted by Crippen LogP contribution is -2.28. The van der Waals surface area contributed by atoms with Crippen LogP contribution in [0.5, 0.6) is 0 Å². The molecule has 1 aromatic heterocycles. The zero-order valence-corrected chi connectivity index (χ0v) is 16.4. The van der Waals surface area contributed by atoms with Gasteiger partial charge in [0.15, 0.2) is 0 Å². The number of benzene rings is 2. The Morgan fingerprint density at radius 1 is 0.923 bits per heavy atom. The van der Waals surface area contributed by atoms with E-state index in [-0.39, 0.29) is 15.9 Å². The van der Waals surface area contributed by atoms with Gasteiger partial charge < -0.3 is 9.84 Å². The Kier molecular flexibility index (Phi) is 5.29. The van der Waals surface area contributed by atoms with Crippen molar-refractivity contribution in [1.82, 2.24) is 0 Å². The maximum atomic E-state index is 9.92. The summed E-state index contributed by atoms with van der Waals surface area (Å²) in [5.74, 6) is 0.0736. The summed E-state index contributed by atoms with van der Waals surface area (Å²) in [6.45, 7) is 0.474. The van der Waals surface area contributed by atoms with E-state index in [1.807, 2.05) is 41.7 Å². The van der Waals surface area contributed by atoms with Crippen molar-refractivity contribution in [3.05, 3.63) is 95.1 Å². The van der Waals surface area contributed by atoms with E-state index in [1.165, 1.54) is 15.4 Å². The van der Waals surface area contributed by atoms with Gasteiger partial charge in [0.25, 0.3) is 5.95 Å². The summed E-state index contributed by atoms with van der Waals surface area (Å²) >= 11 is 5.34. The fourth-order valence-electron chi connectivity index (χ4n) is 2.96. The molecule has 26 heavy (non-hydrogen) atoms. The average Bonchev–Trinajstić information content (AvgIpc) is 3.35. The quantitative estimate of drug-likeness (QED) is 0.377. The molecule has 5 heteroatoms. The number of thiophene rings is 1. The van der Waals surface area contributed by atoms with Crippen molar-refractivity contribution >= 4 is 34.9 Å². The Bertz CT molecular complexity index is 819. The lowest BCUT2D eigenvalue weighted by Gasteiger charge is -2.36. The van der Waals surface area contributed by atoms with Crippen molar-refractivity contribution in [2.75, 3.05) is 6.61 Å². The first kappa shape index (κ1) is 17.6. The van der Waals surface area contributed by atoms with Crippen molar-refractivity contribution in [2.24, 2.45) is 5.92 Å². The van der Waals surface area contributed by atoms with Gasteiger partial charge in [0.1, 0.15) is 10.7 Å². The predicted octanol–water partition coefficient (Wildman–Crippen LogP) is 6.53. The molecule has 3 aromatic rings. The zero-order valence-electron chi connectivity index (χ0n) is 13.9. The molecule has 2 nitrogen and oxygen atoms in total. The number of aliphatic hydroxyl groups is 1. The van der Waals surface area contributed by atoms with Gasteiger partial charge in [0.05, 0.1) is 0 Å². The molecule has 1 N–H and O–H groups in total. The van der Waals surface area contributed by atoms with Crippen LogP contribution >= 0.6 is 34.9 Å². The van der Waals surface area contributed by atoms with E-state index in [1.54, 1.807) is 11.3 Å². The van der Waals surface area contributed by atoms with Crippen LogP contribution in [-0.2, 0) is 8.82 Å².